The zero-order valence-corrected chi connectivity index (χ0v) is 8.37. The van der Waals surface area contributed by atoms with Gasteiger partial charge in [-0.3, -0.25) is 5.14 Å². The molecule has 11 heavy (non-hydrogen) atoms. The van der Waals surface area contributed by atoms with Crippen molar-refractivity contribution in [1.29, 1.82) is 0 Å². The molecule has 0 bridgehead atoms. The molecule has 0 amide bonds. The molecule has 3 unspecified atom stereocenters. The van der Waals surface area contributed by atoms with Crippen molar-refractivity contribution in [3.8, 4) is 0 Å². The Morgan fingerprint density at radius 1 is 1.64 bits per heavy atom. The largest absolute Gasteiger partial charge is 0.278 e. The van der Waals surface area contributed by atoms with Gasteiger partial charge in [-0.1, -0.05) is 39.1 Å². The molecule has 2 heteroatoms. The van der Waals surface area contributed by atoms with Crippen molar-refractivity contribution < 1.29 is 0 Å². The molecule has 2 aliphatic carbocycles. The monoisotopic (exact) mass is 171 g/mol. The van der Waals surface area contributed by atoms with Gasteiger partial charge in [0, 0.05) is 5.25 Å². The first-order chi connectivity index (χ1) is 5.10. The van der Waals surface area contributed by atoms with Gasteiger partial charge in [-0.25, -0.2) is 0 Å². The van der Waals surface area contributed by atoms with Crippen molar-refractivity contribution in [3.05, 3.63) is 0 Å². The van der Waals surface area contributed by atoms with Crippen LogP contribution in [0.15, 0.2) is 0 Å². The number of fused-ring (bicyclic) bond motifs is 1. The van der Waals surface area contributed by atoms with Gasteiger partial charge in [0.1, 0.15) is 0 Å². The third-order valence-electron chi connectivity index (χ3n) is 4.11. The van der Waals surface area contributed by atoms with Gasteiger partial charge in [0.15, 0.2) is 0 Å². The molecule has 0 aliphatic heterocycles. The molecule has 1 nitrogen and oxygen atoms in total. The molecule has 2 rings (SSSR count). The van der Waals surface area contributed by atoms with Crippen LogP contribution in [0.3, 0.4) is 0 Å². The molecular formula is C9H17NS. The molecule has 2 saturated carbocycles. The summed E-state index contributed by atoms with van der Waals surface area (Å²) in [6, 6.07) is 0. The third kappa shape index (κ3) is 0.726. The minimum atomic E-state index is 0.536. The van der Waals surface area contributed by atoms with Crippen LogP contribution in [0.4, 0.5) is 0 Å². The molecule has 0 spiro atoms. The average Bonchev–Trinajstić information content (AvgIpc) is 2.73. The van der Waals surface area contributed by atoms with Gasteiger partial charge in [-0.2, -0.15) is 0 Å². The van der Waals surface area contributed by atoms with Crippen molar-refractivity contribution in [3.63, 3.8) is 0 Å². The molecule has 2 aliphatic rings. The van der Waals surface area contributed by atoms with Crippen molar-refractivity contribution >= 4 is 11.9 Å². The Kier molecular flexibility index (Phi) is 1.42. The Hall–Kier alpha value is 0.310. The highest BCUT2D eigenvalue weighted by Crippen LogP contribution is 2.85. The summed E-state index contributed by atoms with van der Waals surface area (Å²) in [5.41, 5.74) is 1.20. The maximum atomic E-state index is 5.61. The second-order valence-corrected chi connectivity index (χ2v) is 5.43. The van der Waals surface area contributed by atoms with Crippen LogP contribution in [0.1, 0.15) is 33.6 Å². The maximum Gasteiger partial charge on any atom is 0.0289 e. The molecule has 2 N–H and O–H groups in total. The molecule has 0 aromatic rings. The summed E-state index contributed by atoms with van der Waals surface area (Å²) >= 11 is 1.59. The van der Waals surface area contributed by atoms with Crippen LogP contribution in [0.5, 0.6) is 0 Å². The van der Waals surface area contributed by atoms with Crippen LogP contribution in [0.25, 0.3) is 0 Å². The summed E-state index contributed by atoms with van der Waals surface area (Å²) in [7, 11) is 0. The van der Waals surface area contributed by atoms with E-state index in [1.54, 1.807) is 11.9 Å². The Morgan fingerprint density at radius 3 is 2.55 bits per heavy atom. The van der Waals surface area contributed by atoms with E-state index in [0.29, 0.717) is 10.8 Å². The lowest BCUT2D eigenvalue weighted by atomic mass is 9.79. The Balaban J connectivity index is 2.08. The fraction of sp³-hybridized carbons (Fsp3) is 1.00. The SMILES string of the molecule is CCC(C)(C)C12CC1C2SN. The first-order valence-corrected chi connectivity index (χ1v) is 5.40. The maximum absolute atomic E-state index is 5.61. The molecular weight excluding hydrogens is 154 g/mol. The van der Waals surface area contributed by atoms with Crippen LogP contribution >= 0.6 is 11.9 Å². The van der Waals surface area contributed by atoms with Crippen LogP contribution in [-0.4, -0.2) is 5.25 Å². The van der Waals surface area contributed by atoms with E-state index in [4.69, 9.17) is 5.14 Å². The third-order valence-corrected chi connectivity index (χ3v) is 5.16. The van der Waals surface area contributed by atoms with E-state index in [0.717, 1.165) is 11.2 Å². The minimum absolute atomic E-state index is 0.536. The fourth-order valence-corrected chi connectivity index (χ4v) is 3.84. The number of rotatable bonds is 3. The normalized spacial score (nSPS) is 46.9. The summed E-state index contributed by atoms with van der Waals surface area (Å²) in [6.45, 7) is 7.08. The topological polar surface area (TPSA) is 26.0 Å². The van der Waals surface area contributed by atoms with Crippen LogP contribution in [0, 0.1) is 16.7 Å². The highest BCUT2D eigenvalue weighted by molar-refractivity contribution is 7.98. The Labute approximate surface area is 73.2 Å². The summed E-state index contributed by atoms with van der Waals surface area (Å²) in [6.07, 6.45) is 2.74. The zero-order chi connectivity index (χ0) is 8.28. The second kappa shape index (κ2) is 1.97. The van der Waals surface area contributed by atoms with Gasteiger partial charge < -0.3 is 0 Å². The zero-order valence-electron chi connectivity index (χ0n) is 7.55. The number of nitrogens with two attached hydrogens (primary N) is 1. The van der Waals surface area contributed by atoms with Gasteiger partial charge in [-0.05, 0) is 23.2 Å². The second-order valence-electron chi connectivity index (χ2n) is 4.65. The quantitative estimate of drug-likeness (QED) is 0.660. The van der Waals surface area contributed by atoms with E-state index in [2.05, 4.69) is 20.8 Å². The minimum Gasteiger partial charge on any atom is -0.278 e. The van der Waals surface area contributed by atoms with Crippen LogP contribution in [0.2, 0.25) is 0 Å². The summed E-state index contributed by atoms with van der Waals surface area (Å²) in [4.78, 5) is 0. The molecule has 0 heterocycles. The standard InChI is InChI=1S/C9H17NS/c1-4-8(2,3)9-5-6(9)7(9)11-10/h6-7H,4-5,10H2,1-3H3. The van der Waals surface area contributed by atoms with Crippen LogP contribution < -0.4 is 5.14 Å². The highest BCUT2D eigenvalue weighted by Gasteiger charge is 2.83. The van der Waals surface area contributed by atoms with Crippen molar-refractivity contribution in [1.82, 2.24) is 0 Å². The van der Waals surface area contributed by atoms with Crippen LogP contribution in [-0.2, 0) is 0 Å². The lowest BCUT2D eigenvalue weighted by Gasteiger charge is -2.28. The Morgan fingerprint density at radius 2 is 2.27 bits per heavy atom. The van der Waals surface area contributed by atoms with E-state index in [-0.39, 0.29) is 0 Å². The van der Waals surface area contributed by atoms with E-state index < -0.39 is 0 Å². The lowest BCUT2D eigenvalue weighted by molar-refractivity contribution is 0.240. The van der Waals surface area contributed by atoms with Gasteiger partial charge >= 0.3 is 0 Å². The predicted molar refractivity (Wildman–Crippen MR) is 50.2 cm³/mol. The average molecular weight is 171 g/mol. The molecule has 0 aromatic carbocycles. The Bertz CT molecular complexity index is 190. The lowest BCUT2D eigenvalue weighted by Crippen LogP contribution is -2.23. The molecule has 0 radical (unpaired) electrons. The van der Waals surface area contributed by atoms with Gasteiger partial charge in [0.25, 0.3) is 0 Å². The number of hydrogen-bond donors (Lipinski definition) is 1. The molecule has 0 saturated heterocycles. The van der Waals surface area contributed by atoms with E-state index >= 15 is 0 Å². The van der Waals surface area contributed by atoms with Gasteiger partial charge in [-0.15, -0.1) is 0 Å². The predicted octanol–water partition coefficient (Wildman–Crippen LogP) is 2.42. The molecule has 0 aromatic heterocycles. The first-order valence-electron chi connectivity index (χ1n) is 4.45. The molecule has 64 valence electrons. The van der Waals surface area contributed by atoms with Gasteiger partial charge in [0.2, 0.25) is 0 Å². The van der Waals surface area contributed by atoms with Crippen molar-refractivity contribution in [2.45, 2.75) is 38.9 Å². The van der Waals surface area contributed by atoms with Crippen molar-refractivity contribution in [2.24, 2.45) is 21.9 Å². The van der Waals surface area contributed by atoms with E-state index in [1.165, 1.54) is 12.8 Å². The summed E-state index contributed by atoms with van der Waals surface area (Å²) < 4.78 is 0. The summed E-state index contributed by atoms with van der Waals surface area (Å²) in [5.74, 6) is 0.979. The number of hydrogen-bond acceptors (Lipinski definition) is 2. The van der Waals surface area contributed by atoms with E-state index in [1.807, 2.05) is 0 Å². The molecule has 3 atom stereocenters. The van der Waals surface area contributed by atoms with Gasteiger partial charge in [0.05, 0.1) is 0 Å². The fourth-order valence-electron chi connectivity index (χ4n) is 2.56. The molecule has 2 fully saturated rings. The van der Waals surface area contributed by atoms with E-state index in [9.17, 15) is 0 Å². The summed E-state index contributed by atoms with van der Waals surface area (Å²) in [5, 5.41) is 6.41. The highest BCUT2D eigenvalue weighted by atomic mass is 32.2. The smallest absolute Gasteiger partial charge is 0.0289 e. The van der Waals surface area contributed by atoms with Crippen molar-refractivity contribution in [2.75, 3.05) is 0 Å². The first kappa shape index (κ1) is 7.93.